The fourth-order valence-corrected chi connectivity index (χ4v) is 4.30. The second-order valence-electron chi connectivity index (χ2n) is 6.65. The van der Waals surface area contributed by atoms with E-state index in [9.17, 15) is 9.59 Å². The first-order chi connectivity index (χ1) is 14.7. The van der Waals surface area contributed by atoms with Crippen LogP contribution in [0.15, 0.2) is 91.0 Å². The normalized spacial score (nSPS) is 11.3. The number of carbonyl (C=O) groups is 2. The van der Waals surface area contributed by atoms with Crippen molar-refractivity contribution in [2.45, 2.75) is 24.5 Å². The van der Waals surface area contributed by atoms with Crippen LogP contribution in [0.3, 0.4) is 0 Å². The van der Waals surface area contributed by atoms with Gasteiger partial charge in [-0.1, -0.05) is 0 Å². The number of carbonyl (C=O) groups excluding carboxylic acids is 2. The average molecular weight is 467 g/mol. The maximum atomic E-state index is 12.5. The molecule has 0 radical (unpaired) electrons. The zero-order valence-corrected chi connectivity index (χ0v) is 18.2. The predicted octanol–water partition coefficient (Wildman–Crippen LogP) is 4.10. The topological polar surface area (TPSA) is 67.4 Å². The van der Waals surface area contributed by atoms with E-state index in [1.54, 1.807) is 0 Å². The quantitative estimate of drug-likeness (QED) is 0.368. The molecule has 0 aliphatic carbocycles. The molecule has 0 saturated heterocycles. The third-order valence-electron chi connectivity index (χ3n) is 4.29. The molecule has 6 heteroatoms. The second-order valence-corrected chi connectivity index (χ2v) is 8.64. The van der Waals surface area contributed by atoms with E-state index in [1.807, 2.05) is 91.0 Å². The molecule has 3 rings (SSSR count). The minimum absolute atomic E-state index is 0.0596. The Morgan fingerprint density at radius 2 is 1.27 bits per heavy atom. The van der Waals surface area contributed by atoms with Crippen molar-refractivity contribution in [1.29, 1.82) is 0 Å². The van der Waals surface area contributed by atoms with Gasteiger partial charge in [0.15, 0.2) is 0 Å². The molecule has 5 nitrogen and oxygen atoms in total. The van der Waals surface area contributed by atoms with E-state index in [-0.39, 0.29) is 26.4 Å². The summed E-state index contributed by atoms with van der Waals surface area (Å²) >= 11 is -0.272. The summed E-state index contributed by atoms with van der Waals surface area (Å²) < 4.78 is 5.31. The number of ether oxygens (including phenoxy) is 1. The molecule has 2 amide bonds. The van der Waals surface area contributed by atoms with Crippen molar-refractivity contribution in [3.8, 4) is 0 Å². The van der Waals surface area contributed by atoms with Crippen molar-refractivity contribution in [3.63, 3.8) is 0 Å². The summed E-state index contributed by atoms with van der Waals surface area (Å²) in [5.41, 5.74) is 3.05. The Hall–Kier alpha value is -3.08. The summed E-state index contributed by atoms with van der Waals surface area (Å²) in [7, 11) is 0. The van der Waals surface area contributed by atoms with E-state index >= 15 is 0 Å². The number of amides is 2. The zero-order chi connectivity index (χ0) is 21.0. The molecular weight excluding hydrogens is 443 g/mol. The maximum absolute atomic E-state index is 12.5. The number of nitrogens with one attached hydrogen (secondary N) is 2. The average Bonchev–Trinajstić information content (AvgIpc) is 2.78. The van der Waals surface area contributed by atoms with Crippen LogP contribution in [0.5, 0.6) is 0 Å². The molecule has 154 valence electrons. The van der Waals surface area contributed by atoms with Gasteiger partial charge in [0.1, 0.15) is 0 Å². The number of hydrogen-bond donors (Lipinski definition) is 2. The van der Waals surface area contributed by atoms with Crippen LogP contribution >= 0.6 is 0 Å². The van der Waals surface area contributed by atoms with E-state index in [2.05, 4.69) is 10.6 Å². The van der Waals surface area contributed by atoms with Crippen LogP contribution < -0.4 is 10.6 Å². The third-order valence-corrected chi connectivity index (χ3v) is 6.09. The van der Waals surface area contributed by atoms with Crippen molar-refractivity contribution < 1.29 is 14.3 Å². The van der Waals surface area contributed by atoms with E-state index < -0.39 is 12.3 Å². The fourth-order valence-electron chi connectivity index (χ4n) is 2.80. The summed E-state index contributed by atoms with van der Waals surface area (Å²) in [6, 6.07) is 29.1. The molecule has 0 aliphatic rings. The number of hydrogen-bond acceptors (Lipinski definition) is 3. The van der Waals surface area contributed by atoms with E-state index in [0.29, 0.717) is 11.7 Å². The van der Waals surface area contributed by atoms with Crippen LogP contribution in [0.2, 0.25) is 0 Å². The molecule has 0 fully saturated rings. The molecule has 0 saturated carbocycles. The van der Waals surface area contributed by atoms with Gasteiger partial charge in [-0.05, 0) is 0 Å². The van der Waals surface area contributed by atoms with E-state index in [4.69, 9.17) is 4.74 Å². The predicted molar refractivity (Wildman–Crippen MR) is 118 cm³/mol. The first-order valence-electron chi connectivity index (χ1n) is 9.67. The third kappa shape index (κ3) is 7.74. The van der Waals surface area contributed by atoms with Crippen LogP contribution in [0, 0.1) is 0 Å². The van der Waals surface area contributed by atoms with Crippen molar-refractivity contribution in [2.24, 2.45) is 0 Å². The van der Waals surface area contributed by atoms with Gasteiger partial charge in [0.2, 0.25) is 0 Å². The van der Waals surface area contributed by atoms with Crippen molar-refractivity contribution in [2.75, 3.05) is 0 Å². The molecule has 0 heterocycles. The first-order valence-corrected chi connectivity index (χ1v) is 11.7. The Labute approximate surface area is 183 Å². The summed E-state index contributed by atoms with van der Waals surface area (Å²) in [5, 5.41) is 6.43. The van der Waals surface area contributed by atoms with Crippen LogP contribution in [0.25, 0.3) is 0 Å². The summed E-state index contributed by atoms with van der Waals surface area (Å²) in [6.45, 7) is 0.177. The Morgan fingerprint density at radius 3 is 1.87 bits per heavy atom. The van der Waals surface area contributed by atoms with Crippen molar-refractivity contribution in [1.82, 2.24) is 10.6 Å². The summed E-state index contributed by atoms with van der Waals surface area (Å²) in [6.07, 6.45) is -0.620. The van der Waals surface area contributed by atoms with Gasteiger partial charge in [0.25, 0.3) is 0 Å². The molecule has 0 spiro atoms. The molecule has 1 atom stereocenters. The Kier molecular flexibility index (Phi) is 8.51. The van der Waals surface area contributed by atoms with Crippen LogP contribution in [0.4, 0.5) is 9.59 Å². The number of benzene rings is 3. The molecule has 0 bridgehead atoms. The summed E-state index contributed by atoms with van der Waals surface area (Å²) in [5.74, 6) is 0. The monoisotopic (exact) mass is 468 g/mol. The van der Waals surface area contributed by atoms with E-state index in [0.717, 1.165) is 16.7 Å². The SMILES string of the molecule is O=C(N[C@@H](Cc1ccccc1)NC(=O)[Se]Cc1ccccc1)OCc1ccccc1. The van der Waals surface area contributed by atoms with E-state index in [1.165, 1.54) is 0 Å². The number of alkyl carbamates (subject to hydrolysis) is 1. The number of rotatable bonds is 9. The molecule has 3 aromatic rings. The molecule has 30 heavy (non-hydrogen) atoms. The zero-order valence-electron chi connectivity index (χ0n) is 16.5. The van der Waals surface area contributed by atoms with Gasteiger partial charge in [-0.15, -0.1) is 0 Å². The second kappa shape index (κ2) is 11.8. The van der Waals surface area contributed by atoms with Crippen LogP contribution in [-0.4, -0.2) is 32.0 Å². The Balaban J connectivity index is 1.55. The van der Waals surface area contributed by atoms with Crippen molar-refractivity contribution >= 4 is 25.9 Å². The van der Waals surface area contributed by atoms with Gasteiger partial charge >= 0.3 is 183 Å². The van der Waals surface area contributed by atoms with Gasteiger partial charge in [0, 0.05) is 0 Å². The first kappa shape index (κ1) is 21.6. The molecule has 0 aliphatic heterocycles. The molecule has 0 aromatic heterocycles. The Morgan fingerprint density at radius 1 is 0.733 bits per heavy atom. The molecule has 0 unspecified atom stereocenters. The minimum atomic E-state index is -0.560. The van der Waals surface area contributed by atoms with Crippen LogP contribution in [-0.2, 0) is 23.1 Å². The van der Waals surface area contributed by atoms with Gasteiger partial charge in [-0.3, -0.25) is 0 Å². The van der Waals surface area contributed by atoms with Gasteiger partial charge < -0.3 is 0 Å². The van der Waals surface area contributed by atoms with Gasteiger partial charge in [-0.2, -0.15) is 0 Å². The molecule has 3 aromatic carbocycles. The molecular formula is C24H24N2O3Se. The van der Waals surface area contributed by atoms with Gasteiger partial charge in [0.05, 0.1) is 0 Å². The molecule has 2 N–H and O–H groups in total. The van der Waals surface area contributed by atoms with Crippen molar-refractivity contribution in [3.05, 3.63) is 108 Å². The Bertz CT molecular complexity index is 863. The standard InChI is InChI=1S/C24H24N2O3Se/c27-23(29-17-20-12-6-2-7-13-20)25-22(16-19-10-4-1-5-11-19)26-24(28)30-18-21-14-8-3-9-15-21/h1-15,22H,16-18H2,(H,25,27)(H,26,28)/t22-/m1/s1. The summed E-state index contributed by atoms with van der Waals surface area (Å²) in [4.78, 5) is 24.7. The van der Waals surface area contributed by atoms with Gasteiger partial charge in [-0.25, -0.2) is 0 Å². The van der Waals surface area contributed by atoms with Crippen LogP contribution in [0.1, 0.15) is 16.7 Å². The fraction of sp³-hybridized carbons (Fsp3) is 0.167.